The van der Waals surface area contributed by atoms with E-state index in [2.05, 4.69) is 10.5 Å². The van der Waals surface area contributed by atoms with Crippen molar-refractivity contribution in [2.24, 2.45) is 12.9 Å². The molecule has 80 valence electrons. The van der Waals surface area contributed by atoms with E-state index in [1.54, 1.807) is 24.0 Å². The fourth-order valence-electron chi connectivity index (χ4n) is 1.23. The zero-order valence-corrected chi connectivity index (χ0v) is 7.95. The Morgan fingerprint density at radius 3 is 2.79 bits per heavy atom. The van der Waals surface area contributed by atoms with Gasteiger partial charge in [-0.25, -0.2) is 8.78 Å². The van der Waals surface area contributed by atoms with E-state index in [1.807, 2.05) is 0 Å². The molecule has 0 aliphatic rings. The van der Waals surface area contributed by atoms with Gasteiger partial charge in [0.15, 0.2) is 0 Å². The smallest absolute Gasteiger partial charge is 0.255 e. The van der Waals surface area contributed by atoms with Crippen LogP contribution < -0.4 is 11.3 Å². The van der Waals surface area contributed by atoms with Crippen LogP contribution in [-0.2, 0) is 13.5 Å². The predicted octanol–water partition coefficient (Wildman–Crippen LogP) is 0.450. The van der Waals surface area contributed by atoms with Gasteiger partial charge in [0.1, 0.15) is 0 Å². The number of nitrogens with one attached hydrogen (secondary N) is 1. The molecule has 1 heterocycles. The molecule has 4 nitrogen and oxygen atoms in total. The van der Waals surface area contributed by atoms with E-state index in [1.165, 1.54) is 0 Å². The maximum atomic E-state index is 12.3. The summed E-state index contributed by atoms with van der Waals surface area (Å²) in [5.41, 5.74) is 3.03. The Kier molecular flexibility index (Phi) is 3.97. The van der Waals surface area contributed by atoms with Crippen molar-refractivity contribution in [3.05, 3.63) is 18.0 Å². The van der Waals surface area contributed by atoms with Gasteiger partial charge in [0.25, 0.3) is 6.43 Å². The zero-order chi connectivity index (χ0) is 10.6. The molecule has 1 rings (SSSR count). The SMILES string of the molecule is Cn1nccc1CCC(NN)C(F)F. The highest BCUT2D eigenvalue weighted by Gasteiger charge is 2.18. The van der Waals surface area contributed by atoms with Crippen LogP contribution >= 0.6 is 0 Å². The fourth-order valence-corrected chi connectivity index (χ4v) is 1.23. The number of alkyl halides is 2. The monoisotopic (exact) mass is 204 g/mol. The molecule has 0 saturated heterocycles. The summed E-state index contributed by atoms with van der Waals surface area (Å²) < 4.78 is 26.2. The highest BCUT2D eigenvalue weighted by Crippen LogP contribution is 2.09. The topological polar surface area (TPSA) is 55.9 Å². The van der Waals surface area contributed by atoms with Crippen LogP contribution in [0, 0.1) is 0 Å². The molecular weight excluding hydrogens is 190 g/mol. The third-order valence-corrected chi connectivity index (χ3v) is 2.15. The van der Waals surface area contributed by atoms with Crippen molar-refractivity contribution < 1.29 is 8.78 Å². The highest BCUT2D eigenvalue weighted by molar-refractivity contribution is 5.00. The summed E-state index contributed by atoms with van der Waals surface area (Å²) in [6.45, 7) is 0. The molecule has 1 atom stereocenters. The number of nitrogens with zero attached hydrogens (tertiary/aromatic N) is 2. The third-order valence-electron chi connectivity index (χ3n) is 2.15. The van der Waals surface area contributed by atoms with Crippen LogP contribution in [0.5, 0.6) is 0 Å². The molecule has 0 spiro atoms. The number of rotatable bonds is 5. The minimum Gasteiger partial charge on any atom is -0.273 e. The molecular formula is C8H14F2N4. The molecule has 1 aromatic heterocycles. The largest absolute Gasteiger partial charge is 0.273 e. The van der Waals surface area contributed by atoms with Crippen molar-refractivity contribution in [1.29, 1.82) is 0 Å². The summed E-state index contributed by atoms with van der Waals surface area (Å²) in [4.78, 5) is 0. The number of hydrogen-bond acceptors (Lipinski definition) is 3. The number of halogens is 2. The number of hydrazine groups is 1. The Labute approximate surface area is 81.1 Å². The van der Waals surface area contributed by atoms with Gasteiger partial charge in [-0.2, -0.15) is 5.10 Å². The Morgan fingerprint density at radius 2 is 2.36 bits per heavy atom. The first-order valence-electron chi connectivity index (χ1n) is 4.36. The predicted molar refractivity (Wildman–Crippen MR) is 48.6 cm³/mol. The second-order valence-electron chi connectivity index (χ2n) is 3.09. The van der Waals surface area contributed by atoms with Crippen LogP contribution in [-0.4, -0.2) is 22.2 Å². The van der Waals surface area contributed by atoms with Crippen molar-refractivity contribution >= 4 is 0 Å². The van der Waals surface area contributed by atoms with Gasteiger partial charge in [-0.1, -0.05) is 0 Å². The lowest BCUT2D eigenvalue weighted by atomic mass is 10.1. The van der Waals surface area contributed by atoms with Gasteiger partial charge in [0.2, 0.25) is 0 Å². The molecule has 0 amide bonds. The summed E-state index contributed by atoms with van der Waals surface area (Å²) >= 11 is 0. The minimum absolute atomic E-state index is 0.299. The molecule has 1 aromatic rings. The van der Waals surface area contributed by atoms with E-state index >= 15 is 0 Å². The average Bonchev–Trinajstić information content (AvgIpc) is 2.52. The first kappa shape index (κ1) is 11.1. The van der Waals surface area contributed by atoms with Gasteiger partial charge in [-0.05, 0) is 18.9 Å². The quantitative estimate of drug-likeness (QED) is 0.541. The first-order valence-corrected chi connectivity index (χ1v) is 4.36. The lowest BCUT2D eigenvalue weighted by Gasteiger charge is -2.14. The number of aromatic nitrogens is 2. The van der Waals surface area contributed by atoms with E-state index in [0.717, 1.165) is 5.69 Å². The van der Waals surface area contributed by atoms with Gasteiger partial charge in [-0.15, -0.1) is 0 Å². The molecule has 0 radical (unpaired) electrons. The Morgan fingerprint density at radius 1 is 1.64 bits per heavy atom. The Balaban J connectivity index is 2.43. The van der Waals surface area contributed by atoms with Crippen LogP contribution in [0.15, 0.2) is 12.3 Å². The van der Waals surface area contributed by atoms with Crippen molar-refractivity contribution in [3.63, 3.8) is 0 Å². The Bertz CT molecular complexity index is 274. The molecule has 0 aliphatic carbocycles. The zero-order valence-electron chi connectivity index (χ0n) is 7.95. The van der Waals surface area contributed by atoms with E-state index in [-0.39, 0.29) is 0 Å². The van der Waals surface area contributed by atoms with Gasteiger partial charge in [0.05, 0.1) is 6.04 Å². The molecule has 6 heteroatoms. The van der Waals surface area contributed by atoms with Crippen molar-refractivity contribution in [2.75, 3.05) is 0 Å². The van der Waals surface area contributed by atoms with Gasteiger partial charge < -0.3 is 0 Å². The van der Waals surface area contributed by atoms with Crippen molar-refractivity contribution in [1.82, 2.24) is 15.2 Å². The van der Waals surface area contributed by atoms with Crippen LogP contribution in [0.3, 0.4) is 0 Å². The summed E-state index contributed by atoms with van der Waals surface area (Å²) in [6, 6.07) is 0.851. The van der Waals surface area contributed by atoms with E-state index in [4.69, 9.17) is 5.84 Å². The number of aryl methyl sites for hydroxylation is 2. The summed E-state index contributed by atoms with van der Waals surface area (Å²) in [5, 5.41) is 3.94. The van der Waals surface area contributed by atoms with Crippen LogP contribution in [0.25, 0.3) is 0 Å². The maximum absolute atomic E-state index is 12.3. The maximum Gasteiger partial charge on any atom is 0.255 e. The average molecular weight is 204 g/mol. The molecule has 1 unspecified atom stereocenters. The number of hydrogen-bond donors (Lipinski definition) is 2. The first-order chi connectivity index (χ1) is 6.65. The van der Waals surface area contributed by atoms with Gasteiger partial charge >= 0.3 is 0 Å². The summed E-state index contributed by atoms with van der Waals surface area (Å²) in [6.07, 6.45) is 0.0413. The second-order valence-corrected chi connectivity index (χ2v) is 3.09. The normalized spacial score (nSPS) is 13.5. The molecule has 0 saturated carbocycles. The Hall–Kier alpha value is -1.01. The third kappa shape index (κ3) is 2.74. The van der Waals surface area contributed by atoms with Crippen LogP contribution in [0.1, 0.15) is 12.1 Å². The van der Waals surface area contributed by atoms with Crippen LogP contribution in [0.4, 0.5) is 8.78 Å². The van der Waals surface area contributed by atoms with Gasteiger partial charge in [0, 0.05) is 18.9 Å². The van der Waals surface area contributed by atoms with Crippen LogP contribution in [0.2, 0.25) is 0 Å². The molecule has 3 N–H and O–H groups in total. The molecule has 0 bridgehead atoms. The standard InChI is InChI=1S/C8H14F2N4/c1-14-6(4-5-12-14)2-3-7(13-11)8(9)10/h4-5,7-8,13H,2-3,11H2,1H3. The minimum atomic E-state index is -2.44. The molecule has 0 aromatic carbocycles. The fraction of sp³-hybridized carbons (Fsp3) is 0.625. The van der Waals surface area contributed by atoms with Crippen molar-refractivity contribution in [3.8, 4) is 0 Å². The number of nitrogens with two attached hydrogens (primary N) is 1. The van der Waals surface area contributed by atoms with E-state index in [9.17, 15) is 8.78 Å². The molecule has 0 fully saturated rings. The summed E-state index contributed by atoms with van der Waals surface area (Å²) in [5.74, 6) is 5.00. The molecule has 14 heavy (non-hydrogen) atoms. The lowest BCUT2D eigenvalue weighted by Crippen LogP contribution is -2.40. The highest BCUT2D eigenvalue weighted by atomic mass is 19.3. The summed E-state index contributed by atoms with van der Waals surface area (Å²) in [7, 11) is 1.78. The van der Waals surface area contributed by atoms with E-state index < -0.39 is 12.5 Å². The lowest BCUT2D eigenvalue weighted by molar-refractivity contribution is 0.0942. The molecule has 0 aliphatic heterocycles. The second kappa shape index (κ2) is 5.02. The van der Waals surface area contributed by atoms with Gasteiger partial charge in [-0.3, -0.25) is 16.0 Å². The van der Waals surface area contributed by atoms with E-state index in [0.29, 0.717) is 12.8 Å². The van der Waals surface area contributed by atoms with Crippen molar-refractivity contribution in [2.45, 2.75) is 25.3 Å².